The molecule has 0 bridgehead atoms. The van der Waals surface area contributed by atoms with Crippen LogP contribution in [0.15, 0.2) is 24.3 Å². The fourth-order valence-corrected chi connectivity index (χ4v) is 2.62. The molecule has 1 heterocycles. The number of carbonyl (C=O) groups is 1. The Labute approximate surface area is 127 Å². The molecule has 0 spiro atoms. The van der Waals surface area contributed by atoms with Crippen molar-refractivity contribution in [2.45, 2.75) is 46.1 Å². The van der Waals surface area contributed by atoms with Crippen LogP contribution in [0.4, 0.5) is 4.79 Å². The predicted molar refractivity (Wildman–Crippen MR) is 85.7 cm³/mol. The number of hydrogen-bond donors (Lipinski definition) is 2. The van der Waals surface area contributed by atoms with Crippen molar-refractivity contribution in [1.29, 1.82) is 5.41 Å². The first kappa shape index (κ1) is 15.5. The molecule has 21 heavy (non-hydrogen) atoms. The Kier molecular flexibility index (Phi) is 4.08. The monoisotopic (exact) mass is 287 g/mol. The highest BCUT2D eigenvalue weighted by Crippen LogP contribution is 2.29. The van der Waals surface area contributed by atoms with Crippen LogP contribution in [0.5, 0.6) is 0 Å². The lowest BCUT2D eigenvalue weighted by atomic mass is 9.86. The summed E-state index contributed by atoms with van der Waals surface area (Å²) in [4.78, 5) is 13.8. The summed E-state index contributed by atoms with van der Waals surface area (Å²) in [7, 11) is 0. The SMILES string of the molecule is CC(C)CN1C(=O)NC(=N)C1c1ccc(C(C)(C)C)cc1. The molecule has 1 aliphatic heterocycles. The van der Waals surface area contributed by atoms with Crippen molar-refractivity contribution < 1.29 is 4.79 Å². The van der Waals surface area contributed by atoms with Gasteiger partial charge in [-0.3, -0.25) is 10.7 Å². The molecule has 0 aliphatic carbocycles. The van der Waals surface area contributed by atoms with Crippen molar-refractivity contribution in [3.05, 3.63) is 35.4 Å². The lowest BCUT2D eigenvalue weighted by Gasteiger charge is -2.25. The highest BCUT2D eigenvalue weighted by Gasteiger charge is 2.36. The van der Waals surface area contributed by atoms with Crippen LogP contribution in [-0.2, 0) is 5.41 Å². The Hall–Kier alpha value is -1.84. The second kappa shape index (κ2) is 5.51. The fourth-order valence-electron chi connectivity index (χ4n) is 2.62. The van der Waals surface area contributed by atoms with Crippen LogP contribution in [0.25, 0.3) is 0 Å². The van der Waals surface area contributed by atoms with Gasteiger partial charge in [-0.05, 0) is 22.5 Å². The van der Waals surface area contributed by atoms with Crippen LogP contribution in [0.1, 0.15) is 51.8 Å². The lowest BCUT2D eigenvalue weighted by molar-refractivity contribution is 0.198. The first-order valence-corrected chi connectivity index (χ1v) is 7.46. The van der Waals surface area contributed by atoms with Crippen LogP contribution in [-0.4, -0.2) is 23.3 Å². The molecule has 0 saturated carbocycles. The number of urea groups is 1. The van der Waals surface area contributed by atoms with E-state index in [4.69, 9.17) is 5.41 Å². The minimum absolute atomic E-state index is 0.105. The molecule has 1 unspecified atom stereocenters. The number of amides is 2. The largest absolute Gasteiger partial charge is 0.323 e. The molecule has 4 heteroatoms. The van der Waals surface area contributed by atoms with Crippen molar-refractivity contribution in [1.82, 2.24) is 10.2 Å². The standard InChI is InChI=1S/C17H25N3O/c1-11(2)10-20-14(15(18)19-16(20)21)12-6-8-13(9-7-12)17(3,4)5/h6-9,11,14H,10H2,1-5H3,(H2,18,19,21). The maximum atomic E-state index is 12.0. The first-order chi connectivity index (χ1) is 9.70. The third-order valence-corrected chi connectivity index (χ3v) is 3.74. The fraction of sp³-hybridized carbons (Fsp3) is 0.529. The maximum absolute atomic E-state index is 12.0. The minimum atomic E-state index is -0.283. The van der Waals surface area contributed by atoms with E-state index in [2.05, 4.69) is 52.1 Å². The number of hydrogen-bond acceptors (Lipinski definition) is 2. The zero-order valence-electron chi connectivity index (χ0n) is 13.5. The van der Waals surface area contributed by atoms with E-state index in [0.29, 0.717) is 12.5 Å². The van der Waals surface area contributed by atoms with Crippen LogP contribution in [0.3, 0.4) is 0 Å². The van der Waals surface area contributed by atoms with Crippen LogP contribution in [0.2, 0.25) is 0 Å². The van der Waals surface area contributed by atoms with Crippen LogP contribution >= 0.6 is 0 Å². The molecule has 1 fully saturated rings. The number of nitrogens with one attached hydrogen (secondary N) is 2. The third-order valence-electron chi connectivity index (χ3n) is 3.74. The van der Waals surface area contributed by atoms with E-state index in [9.17, 15) is 4.79 Å². The molecule has 114 valence electrons. The van der Waals surface area contributed by atoms with Gasteiger partial charge in [0.2, 0.25) is 0 Å². The van der Waals surface area contributed by atoms with Gasteiger partial charge in [0.15, 0.2) is 0 Å². The Balaban J connectivity index is 2.30. The van der Waals surface area contributed by atoms with Gasteiger partial charge in [0.05, 0.1) is 0 Å². The molecule has 0 aromatic heterocycles. The van der Waals surface area contributed by atoms with Gasteiger partial charge < -0.3 is 4.90 Å². The van der Waals surface area contributed by atoms with E-state index in [1.54, 1.807) is 4.90 Å². The summed E-state index contributed by atoms with van der Waals surface area (Å²) in [5, 5.41) is 10.7. The highest BCUT2D eigenvalue weighted by atomic mass is 16.2. The summed E-state index contributed by atoms with van der Waals surface area (Å²) in [6.45, 7) is 11.3. The van der Waals surface area contributed by atoms with Gasteiger partial charge in [-0.2, -0.15) is 0 Å². The number of carbonyl (C=O) groups excluding carboxylic acids is 1. The zero-order valence-corrected chi connectivity index (χ0v) is 13.5. The van der Waals surface area contributed by atoms with Crippen molar-refractivity contribution in [2.24, 2.45) is 5.92 Å². The van der Waals surface area contributed by atoms with Gasteiger partial charge in [-0.1, -0.05) is 58.9 Å². The summed E-state index contributed by atoms with van der Waals surface area (Å²) in [6, 6.07) is 7.81. The first-order valence-electron chi connectivity index (χ1n) is 7.46. The third kappa shape index (κ3) is 3.26. The van der Waals surface area contributed by atoms with Gasteiger partial charge in [0.25, 0.3) is 0 Å². The molecule has 1 aromatic carbocycles. The molecule has 2 N–H and O–H groups in total. The smallest absolute Gasteiger partial charge is 0.310 e. The molecule has 1 saturated heterocycles. The Morgan fingerprint density at radius 1 is 1.24 bits per heavy atom. The molecule has 2 amide bonds. The minimum Gasteiger partial charge on any atom is -0.310 e. The average molecular weight is 287 g/mol. The summed E-state index contributed by atoms with van der Waals surface area (Å²) in [6.07, 6.45) is 0. The number of amidine groups is 1. The van der Waals surface area contributed by atoms with E-state index in [0.717, 1.165) is 5.56 Å². The topological polar surface area (TPSA) is 56.2 Å². The van der Waals surface area contributed by atoms with Crippen molar-refractivity contribution in [3.8, 4) is 0 Å². The second-order valence-electron chi connectivity index (χ2n) is 7.16. The van der Waals surface area contributed by atoms with E-state index < -0.39 is 0 Å². The molecule has 2 rings (SSSR count). The number of benzene rings is 1. The molecule has 0 radical (unpaired) electrons. The van der Waals surface area contributed by atoms with E-state index in [1.807, 2.05) is 12.1 Å². The van der Waals surface area contributed by atoms with Crippen molar-refractivity contribution in [2.75, 3.05) is 6.54 Å². The van der Waals surface area contributed by atoms with Crippen molar-refractivity contribution >= 4 is 11.9 Å². The maximum Gasteiger partial charge on any atom is 0.323 e. The average Bonchev–Trinajstić information content (AvgIpc) is 2.63. The Morgan fingerprint density at radius 2 is 1.81 bits per heavy atom. The summed E-state index contributed by atoms with van der Waals surface area (Å²) in [5.41, 5.74) is 2.35. The van der Waals surface area contributed by atoms with Gasteiger partial charge in [0, 0.05) is 6.54 Å². The molecular formula is C17H25N3O. The highest BCUT2D eigenvalue weighted by molar-refractivity contribution is 6.06. The summed E-state index contributed by atoms with van der Waals surface area (Å²) >= 11 is 0. The predicted octanol–water partition coefficient (Wildman–Crippen LogP) is 3.68. The van der Waals surface area contributed by atoms with Gasteiger partial charge in [-0.15, -0.1) is 0 Å². The molecule has 1 aromatic rings. The van der Waals surface area contributed by atoms with E-state index in [1.165, 1.54) is 5.56 Å². The lowest BCUT2D eigenvalue weighted by Crippen LogP contribution is -2.33. The molecular weight excluding hydrogens is 262 g/mol. The number of rotatable bonds is 3. The Morgan fingerprint density at radius 3 is 2.29 bits per heavy atom. The summed E-state index contributed by atoms with van der Waals surface area (Å²) in [5.74, 6) is 0.641. The quantitative estimate of drug-likeness (QED) is 0.875. The second-order valence-corrected chi connectivity index (χ2v) is 7.16. The number of nitrogens with zero attached hydrogens (tertiary/aromatic N) is 1. The molecule has 1 atom stereocenters. The normalized spacial score (nSPS) is 19.3. The molecule has 4 nitrogen and oxygen atoms in total. The van der Waals surface area contributed by atoms with E-state index >= 15 is 0 Å². The summed E-state index contributed by atoms with van der Waals surface area (Å²) < 4.78 is 0. The zero-order chi connectivity index (χ0) is 15.8. The van der Waals surface area contributed by atoms with Gasteiger partial charge >= 0.3 is 6.03 Å². The van der Waals surface area contributed by atoms with Crippen LogP contribution in [0, 0.1) is 11.3 Å². The molecule has 1 aliphatic rings. The Bertz CT molecular complexity index is 540. The van der Waals surface area contributed by atoms with Crippen LogP contribution < -0.4 is 5.32 Å². The van der Waals surface area contributed by atoms with Gasteiger partial charge in [0.1, 0.15) is 11.9 Å². The van der Waals surface area contributed by atoms with Crippen molar-refractivity contribution in [3.63, 3.8) is 0 Å². The van der Waals surface area contributed by atoms with E-state index in [-0.39, 0.29) is 23.3 Å². The van der Waals surface area contributed by atoms with Gasteiger partial charge in [-0.25, -0.2) is 4.79 Å².